The number of cyclic esters (lactones) is 2. The molecule has 1 aliphatic heterocycles. The maximum Gasteiger partial charge on any atom is 0.318 e. The summed E-state index contributed by atoms with van der Waals surface area (Å²) in [5.74, 6) is -3.04. The highest BCUT2D eigenvalue weighted by atomic mass is 16.7. The molecule has 98 valence electrons. The van der Waals surface area contributed by atoms with Gasteiger partial charge in [0.05, 0.1) is 11.8 Å². The maximum atomic E-state index is 11.8. The van der Waals surface area contributed by atoms with Crippen molar-refractivity contribution in [3.63, 3.8) is 0 Å². The van der Waals surface area contributed by atoms with E-state index in [0.29, 0.717) is 13.2 Å². The third-order valence-corrected chi connectivity index (χ3v) is 4.10. The van der Waals surface area contributed by atoms with E-state index in [1.165, 1.54) is 0 Å². The van der Waals surface area contributed by atoms with Gasteiger partial charge in [0.15, 0.2) is 5.79 Å². The molecule has 0 aromatic carbocycles. The van der Waals surface area contributed by atoms with Gasteiger partial charge in [-0.25, -0.2) is 0 Å². The SMILES string of the molecule is CCOC1(OCC)C2C=CC1C1C(=O)OC(=O)C12. The van der Waals surface area contributed by atoms with Crippen LogP contribution in [0.4, 0.5) is 0 Å². The molecule has 0 N–H and O–H groups in total. The second kappa shape index (κ2) is 3.90. The highest BCUT2D eigenvalue weighted by Gasteiger charge is 2.71. The zero-order valence-electron chi connectivity index (χ0n) is 10.4. The topological polar surface area (TPSA) is 61.8 Å². The number of fused-ring (bicyclic) bond motifs is 5. The molecule has 5 heteroatoms. The fourth-order valence-electron chi connectivity index (χ4n) is 3.62. The molecule has 18 heavy (non-hydrogen) atoms. The molecule has 3 aliphatic rings. The van der Waals surface area contributed by atoms with E-state index in [1.807, 2.05) is 26.0 Å². The van der Waals surface area contributed by atoms with Gasteiger partial charge in [-0.2, -0.15) is 0 Å². The van der Waals surface area contributed by atoms with Gasteiger partial charge in [-0.3, -0.25) is 9.59 Å². The summed E-state index contributed by atoms with van der Waals surface area (Å²) in [5, 5.41) is 0. The van der Waals surface area contributed by atoms with E-state index in [0.717, 1.165) is 0 Å². The van der Waals surface area contributed by atoms with Gasteiger partial charge < -0.3 is 14.2 Å². The minimum atomic E-state index is -0.853. The Balaban J connectivity index is 2.01. The van der Waals surface area contributed by atoms with Crippen molar-refractivity contribution in [3.05, 3.63) is 12.2 Å². The lowest BCUT2D eigenvalue weighted by Crippen LogP contribution is -2.44. The third-order valence-electron chi connectivity index (χ3n) is 4.10. The molecule has 2 fully saturated rings. The first-order chi connectivity index (χ1) is 8.65. The monoisotopic (exact) mass is 252 g/mol. The van der Waals surface area contributed by atoms with Gasteiger partial charge in [-0.15, -0.1) is 0 Å². The van der Waals surface area contributed by atoms with Crippen LogP contribution in [-0.4, -0.2) is 30.9 Å². The normalized spacial score (nSPS) is 39.2. The molecule has 4 unspecified atom stereocenters. The maximum absolute atomic E-state index is 11.8. The summed E-state index contributed by atoms with van der Waals surface area (Å²) >= 11 is 0. The molecule has 2 aliphatic carbocycles. The largest absolute Gasteiger partial charge is 0.393 e. The van der Waals surface area contributed by atoms with Gasteiger partial charge in [-0.1, -0.05) is 12.2 Å². The smallest absolute Gasteiger partial charge is 0.318 e. The van der Waals surface area contributed by atoms with Crippen LogP contribution in [0, 0.1) is 23.7 Å². The summed E-state index contributed by atoms with van der Waals surface area (Å²) in [4.78, 5) is 23.5. The molecule has 1 saturated heterocycles. The summed E-state index contributed by atoms with van der Waals surface area (Å²) in [6.07, 6.45) is 3.86. The van der Waals surface area contributed by atoms with Crippen LogP contribution in [0.1, 0.15) is 13.8 Å². The molecule has 0 aromatic heterocycles. The van der Waals surface area contributed by atoms with Crippen molar-refractivity contribution in [2.24, 2.45) is 23.7 Å². The van der Waals surface area contributed by atoms with Gasteiger partial charge in [0.25, 0.3) is 0 Å². The van der Waals surface area contributed by atoms with E-state index in [4.69, 9.17) is 14.2 Å². The van der Waals surface area contributed by atoms with Crippen LogP contribution in [0.2, 0.25) is 0 Å². The average molecular weight is 252 g/mol. The van der Waals surface area contributed by atoms with Crippen molar-refractivity contribution in [1.29, 1.82) is 0 Å². The molecular weight excluding hydrogens is 236 g/mol. The molecule has 5 nitrogen and oxygen atoms in total. The first-order valence-electron chi connectivity index (χ1n) is 6.37. The lowest BCUT2D eigenvalue weighted by molar-refractivity contribution is -0.260. The quantitative estimate of drug-likeness (QED) is 0.322. The number of carbonyl (C=O) groups is 2. The van der Waals surface area contributed by atoms with E-state index < -0.39 is 29.6 Å². The summed E-state index contributed by atoms with van der Waals surface area (Å²) in [7, 11) is 0. The number of esters is 2. The highest BCUT2D eigenvalue weighted by Crippen LogP contribution is 2.59. The van der Waals surface area contributed by atoms with Crippen LogP contribution >= 0.6 is 0 Å². The lowest BCUT2D eigenvalue weighted by atomic mass is 9.85. The van der Waals surface area contributed by atoms with Crippen molar-refractivity contribution in [2.75, 3.05) is 13.2 Å². The van der Waals surface area contributed by atoms with Gasteiger partial charge in [-0.05, 0) is 13.8 Å². The van der Waals surface area contributed by atoms with Crippen molar-refractivity contribution >= 4 is 11.9 Å². The second-order valence-corrected chi connectivity index (χ2v) is 4.82. The van der Waals surface area contributed by atoms with E-state index in [9.17, 15) is 9.59 Å². The van der Waals surface area contributed by atoms with Gasteiger partial charge in [0.2, 0.25) is 0 Å². The van der Waals surface area contributed by atoms with E-state index in [1.54, 1.807) is 0 Å². The molecule has 2 bridgehead atoms. The van der Waals surface area contributed by atoms with Crippen LogP contribution in [0.5, 0.6) is 0 Å². The minimum absolute atomic E-state index is 0.216. The Kier molecular flexibility index (Phi) is 2.57. The Morgan fingerprint density at radius 2 is 1.50 bits per heavy atom. The molecule has 1 saturated carbocycles. The molecule has 0 spiro atoms. The number of rotatable bonds is 4. The van der Waals surface area contributed by atoms with Crippen LogP contribution in [0.3, 0.4) is 0 Å². The highest BCUT2D eigenvalue weighted by molar-refractivity contribution is 5.98. The molecule has 1 heterocycles. The molecule has 3 rings (SSSR count). The van der Waals surface area contributed by atoms with Crippen molar-refractivity contribution in [2.45, 2.75) is 19.6 Å². The Hall–Kier alpha value is -1.20. The molecule has 0 amide bonds. The van der Waals surface area contributed by atoms with Gasteiger partial charge in [0, 0.05) is 25.0 Å². The standard InChI is InChI=1S/C13H16O5/c1-3-16-13(17-4-2)7-5-6-8(13)10-9(7)11(14)18-12(10)15/h5-10H,3-4H2,1-2H3. The fraction of sp³-hybridized carbons (Fsp3) is 0.692. The minimum Gasteiger partial charge on any atom is -0.393 e. The first-order valence-corrected chi connectivity index (χ1v) is 6.37. The molecule has 0 aromatic rings. The van der Waals surface area contributed by atoms with Crippen LogP contribution in [0.15, 0.2) is 12.2 Å². The number of hydrogen-bond acceptors (Lipinski definition) is 5. The number of hydrogen-bond donors (Lipinski definition) is 0. The first kappa shape index (κ1) is 11.9. The number of carbonyl (C=O) groups excluding carboxylic acids is 2. The summed E-state index contributed by atoms with van der Waals surface area (Å²) in [6.45, 7) is 4.73. The van der Waals surface area contributed by atoms with Crippen LogP contribution in [0.25, 0.3) is 0 Å². The molecular formula is C13H16O5. The predicted molar refractivity (Wildman–Crippen MR) is 60.2 cm³/mol. The van der Waals surface area contributed by atoms with Crippen molar-refractivity contribution < 1.29 is 23.8 Å². The number of ether oxygens (including phenoxy) is 3. The van der Waals surface area contributed by atoms with E-state index in [2.05, 4.69) is 0 Å². The summed E-state index contributed by atoms with van der Waals surface area (Å²) in [5.41, 5.74) is 0. The zero-order chi connectivity index (χ0) is 12.9. The van der Waals surface area contributed by atoms with Gasteiger partial charge in [0.1, 0.15) is 0 Å². The third kappa shape index (κ3) is 1.23. The molecule has 4 atom stereocenters. The van der Waals surface area contributed by atoms with Crippen LogP contribution < -0.4 is 0 Å². The lowest BCUT2D eigenvalue weighted by Gasteiger charge is -2.35. The second-order valence-electron chi connectivity index (χ2n) is 4.82. The van der Waals surface area contributed by atoms with Crippen molar-refractivity contribution in [1.82, 2.24) is 0 Å². The Labute approximate surface area is 105 Å². The zero-order valence-corrected chi connectivity index (χ0v) is 10.4. The average Bonchev–Trinajstić information content (AvgIpc) is 2.90. The fourth-order valence-corrected chi connectivity index (χ4v) is 3.62. The van der Waals surface area contributed by atoms with E-state index in [-0.39, 0.29) is 11.8 Å². The Bertz CT molecular complexity index is 389. The summed E-state index contributed by atoms with van der Waals surface area (Å²) < 4.78 is 16.3. The predicted octanol–water partition coefficient (Wildman–Crippen LogP) is 0.887. The Morgan fingerprint density at radius 3 is 1.89 bits per heavy atom. The Morgan fingerprint density at radius 1 is 1.06 bits per heavy atom. The molecule has 0 radical (unpaired) electrons. The van der Waals surface area contributed by atoms with Crippen molar-refractivity contribution in [3.8, 4) is 0 Å². The van der Waals surface area contributed by atoms with Crippen LogP contribution in [-0.2, 0) is 23.8 Å². The summed E-state index contributed by atoms with van der Waals surface area (Å²) in [6, 6.07) is 0. The van der Waals surface area contributed by atoms with Gasteiger partial charge >= 0.3 is 11.9 Å². The van der Waals surface area contributed by atoms with E-state index >= 15 is 0 Å².